The summed E-state index contributed by atoms with van der Waals surface area (Å²) < 4.78 is 0. The highest BCUT2D eigenvalue weighted by atomic mass is 32.2. The van der Waals surface area contributed by atoms with Gasteiger partial charge in [0.2, 0.25) is 0 Å². The Bertz CT molecular complexity index is 431. The van der Waals surface area contributed by atoms with E-state index >= 15 is 0 Å². The van der Waals surface area contributed by atoms with Gasteiger partial charge in [0.25, 0.3) is 0 Å². The minimum Gasteiger partial charge on any atom is -0.307 e. The SMILES string of the molecule is CCC1CCCC(NC2CCSc3ccccc32)CC1. The Labute approximate surface area is 127 Å². The van der Waals surface area contributed by atoms with Crippen LogP contribution < -0.4 is 5.32 Å². The molecule has 3 rings (SSSR count). The molecule has 2 aliphatic rings. The molecule has 1 fully saturated rings. The number of hydrogen-bond acceptors (Lipinski definition) is 2. The van der Waals surface area contributed by atoms with Crippen LogP contribution in [0, 0.1) is 5.92 Å². The van der Waals surface area contributed by atoms with Gasteiger partial charge in [0.1, 0.15) is 0 Å². The fraction of sp³-hybridized carbons (Fsp3) is 0.667. The van der Waals surface area contributed by atoms with Crippen LogP contribution >= 0.6 is 11.8 Å². The van der Waals surface area contributed by atoms with E-state index in [-0.39, 0.29) is 0 Å². The first kappa shape index (κ1) is 14.5. The summed E-state index contributed by atoms with van der Waals surface area (Å²) in [6.45, 7) is 2.35. The smallest absolute Gasteiger partial charge is 0.0341 e. The Kier molecular flexibility index (Phi) is 5.06. The van der Waals surface area contributed by atoms with E-state index in [9.17, 15) is 0 Å². The zero-order chi connectivity index (χ0) is 13.8. The van der Waals surface area contributed by atoms with E-state index in [1.54, 1.807) is 5.56 Å². The molecule has 0 saturated heterocycles. The minimum atomic E-state index is 0.593. The summed E-state index contributed by atoms with van der Waals surface area (Å²) in [5.74, 6) is 2.25. The summed E-state index contributed by atoms with van der Waals surface area (Å²) in [4.78, 5) is 1.50. The summed E-state index contributed by atoms with van der Waals surface area (Å²) in [5, 5.41) is 3.99. The lowest BCUT2D eigenvalue weighted by molar-refractivity contribution is 0.379. The highest BCUT2D eigenvalue weighted by Crippen LogP contribution is 2.37. The van der Waals surface area contributed by atoms with E-state index in [2.05, 4.69) is 36.5 Å². The molecule has 20 heavy (non-hydrogen) atoms. The average molecular weight is 289 g/mol. The van der Waals surface area contributed by atoms with Gasteiger partial charge in [-0.15, -0.1) is 11.8 Å². The van der Waals surface area contributed by atoms with Crippen molar-refractivity contribution in [3.63, 3.8) is 0 Å². The van der Waals surface area contributed by atoms with Crippen molar-refractivity contribution in [1.29, 1.82) is 0 Å². The normalized spacial score (nSPS) is 30.6. The van der Waals surface area contributed by atoms with E-state index < -0.39 is 0 Å². The van der Waals surface area contributed by atoms with Gasteiger partial charge >= 0.3 is 0 Å². The van der Waals surface area contributed by atoms with Crippen LogP contribution in [0.15, 0.2) is 29.2 Å². The molecule has 3 unspecified atom stereocenters. The van der Waals surface area contributed by atoms with E-state index in [0.29, 0.717) is 6.04 Å². The van der Waals surface area contributed by atoms with Crippen molar-refractivity contribution in [2.24, 2.45) is 5.92 Å². The number of fused-ring (bicyclic) bond motifs is 1. The molecule has 2 heteroatoms. The lowest BCUT2D eigenvalue weighted by Crippen LogP contribution is -2.34. The third-order valence-electron chi connectivity index (χ3n) is 5.06. The van der Waals surface area contributed by atoms with Gasteiger partial charge in [-0.3, -0.25) is 0 Å². The number of benzene rings is 1. The fourth-order valence-corrected chi connectivity index (χ4v) is 4.88. The second-order valence-electron chi connectivity index (χ2n) is 6.37. The largest absolute Gasteiger partial charge is 0.307 e. The van der Waals surface area contributed by atoms with Crippen LogP contribution in [0.2, 0.25) is 0 Å². The molecule has 0 amide bonds. The van der Waals surface area contributed by atoms with Gasteiger partial charge in [0.15, 0.2) is 0 Å². The lowest BCUT2D eigenvalue weighted by Gasteiger charge is -2.30. The monoisotopic (exact) mass is 289 g/mol. The molecule has 1 aromatic carbocycles. The molecule has 1 saturated carbocycles. The lowest BCUT2D eigenvalue weighted by atomic mass is 9.97. The molecule has 0 spiro atoms. The van der Waals surface area contributed by atoms with Crippen molar-refractivity contribution in [2.45, 2.75) is 68.8 Å². The number of rotatable bonds is 3. The summed E-state index contributed by atoms with van der Waals surface area (Å²) in [6, 6.07) is 10.3. The summed E-state index contributed by atoms with van der Waals surface area (Å²) in [5.41, 5.74) is 1.54. The van der Waals surface area contributed by atoms with E-state index in [1.165, 1.54) is 55.6 Å². The van der Waals surface area contributed by atoms with Crippen LogP contribution in [-0.2, 0) is 0 Å². The van der Waals surface area contributed by atoms with Crippen molar-refractivity contribution in [2.75, 3.05) is 5.75 Å². The number of hydrogen-bond donors (Lipinski definition) is 1. The average Bonchev–Trinajstić information content (AvgIpc) is 2.73. The van der Waals surface area contributed by atoms with Gasteiger partial charge in [0, 0.05) is 17.0 Å². The van der Waals surface area contributed by atoms with E-state index in [0.717, 1.165) is 12.0 Å². The summed E-state index contributed by atoms with van der Waals surface area (Å²) in [6.07, 6.45) is 9.71. The molecule has 1 heterocycles. The topological polar surface area (TPSA) is 12.0 Å². The van der Waals surface area contributed by atoms with Crippen molar-refractivity contribution >= 4 is 11.8 Å². The van der Waals surface area contributed by atoms with Crippen LogP contribution in [0.5, 0.6) is 0 Å². The molecule has 1 aliphatic heterocycles. The van der Waals surface area contributed by atoms with Crippen LogP contribution in [0.25, 0.3) is 0 Å². The maximum Gasteiger partial charge on any atom is 0.0341 e. The number of thioether (sulfide) groups is 1. The predicted octanol–water partition coefficient (Wildman–Crippen LogP) is 5.17. The first-order valence-electron chi connectivity index (χ1n) is 8.34. The van der Waals surface area contributed by atoms with E-state index in [4.69, 9.17) is 0 Å². The molecule has 1 nitrogen and oxygen atoms in total. The van der Waals surface area contributed by atoms with Gasteiger partial charge in [0.05, 0.1) is 0 Å². The Morgan fingerprint density at radius 1 is 1.10 bits per heavy atom. The molecule has 1 N–H and O–H groups in total. The van der Waals surface area contributed by atoms with Gasteiger partial charge in [-0.25, -0.2) is 0 Å². The van der Waals surface area contributed by atoms with Crippen molar-refractivity contribution in [1.82, 2.24) is 5.32 Å². The quantitative estimate of drug-likeness (QED) is 0.770. The zero-order valence-corrected chi connectivity index (χ0v) is 13.4. The van der Waals surface area contributed by atoms with Crippen LogP contribution in [-0.4, -0.2) is 11.8 Å². The van der Waals surface area contributed by atoms with Crippen molar-refractivity contribution < 1.29 is 0 Å². The molecular formula is C18H27NS. The van der Waals surface area contributed by atoms with Crippen LogP contribution in [0.3, 0.4) is 0 Å². The Balaban J connectivity index is 1.64. The highest BCUT2D eigenvalue weighted by molar-refractivity contribution is 7.99. The van der Waals surface area contributed by atoms with Crippen molar-refractivity contribution in [3.8, 4) is 0 Å². The first-order valence-corrected chi connectivity index (χ1v) is 9.33. The molecule has 0 radical (unpaired) electrons. The predicted molar refractivity (Wildman–Crippen MR) is 88.3 cm³/mol. The second kappa shape index (κ2) is 7.00. The number of nitrogens with one attached hydrogen (secondary N) is 1. The first-order chi connectivity index (χ1) is 9.86. The third-order valence-corrected chi connectivity index (χ3v) is 6.18. The van der Waals surface area contributed by atoms with Crippen LogP contribution in [0.4, 0.5) is 0 Å². The van der Waals surface area contributed by atoms with E-state index in [1.807, 2.05) is 11.8 Å². The third kappa shape index (κ3) is 3.40. The summed E-state index contributed by atoms with van der Waals surface area (Å²) in [7, 11) is 0. The van der Waals surface area contributed by atoms with Gasteiger partial charge < -0.3 is 5.32 Å². The van der Waals surface area contributed by atoms with Crippen LogP contribution in [0.1, 0.15) is 63.5 Å². The molecule has 1 aromatic rings. The Morgan fingerprint density at radius 2 is 2.00 bits per heavy atom. The van der Waals surface area contributed by atoms with Crippen molar-refractivity contribution in [3.05, 3.63) is 29.8 Å². The summed E-state index contributed by atoms with van der Waals surface area (Å²) >= 11 is 2.02. The highest BCUT2D eigenvalue weighted by Gasteiger charge is 2.24. The minimum absolute atomic E-state index is 0.593. The van der Waals surface area contributed by atoms with Gasteiger partial charge in [-0.05, 0) is 49.0 Å². The molecular weight excluding hydrogens is 262 g/mol. The maximum atomic E-state index is 3.99. The standard InChI is InChI=1S/C18H27NS/c1-2-14-6-5-7-15(11-10-14)19-17-12-13-20-18-9-4-3-8-16(17)18/h3-4,8-9,14-15,17,19H,2,5-7,10-13H2,1H3. The van der Waals surface area contributed by atoms with Gasteiger partial charge in [-0.2, -0.15) is 0 Å². The fourth-order valence-electron chi connectivity index (χ4n) is 3.75. The molecule has 110 valence electrons. The maximum absolute atomic E-state index is 3.99. The zero-order valence-electron chi connectivity index (χ0n) is 12.6. The Morgan fingerprint density at radius 3 is 2.90 bits per heavy atom. The Hall–Kier alpha value is -0.470. The second-order valence-corrected chi connectivity index (χ2v) is 7.51. The molecule has 0 bridgehead atoms. The van der Waals surface area contributed by atoms with Gasteiger partial charge in [-0.1, -0.05) is 44.4 Å². The molecule has 1 aliphatic carbocycles. The molecule has 0 aromatic heterocycles. The molecule has 3 atom stereocenters.